The van der Waals surface area contributed by atoms with Gasteiger partial charge in [-0.15, -0.1) is 0 Å². The van der Waals surface area contributed by atoms with Crippen molar-refractivity contribution in [1.29, 1.82) is 0 Å². The van der Waals surface area contributed by atoms with Gasteiger partial charge in [-0.3, -0.25) is 9.59 Å². The molecular weight excluding hydrogens is 658 g/mol. The summed E-state index contributed by atoms with van der Waals surface area (Å²) in [4.78, 5) is 22.6. The third kappa shape index (κ3) is 32.7. The minimum absolute atomic E-state index is 0.111. The lowest BCUT2D eigenvalue weighted by atomic mass is 10.2. The van der Waals surface area contributed by atoms with Gasteiger partial charge in [0.15, 0.2) is 0 Å². The average Bonchev–Trinajstić information content (AvgIpc) is 3.06. The number of rotatable bonds is 35. The van der Waals surface area contributed by atoms with Crippen molar-refractivity contribution in [3.63, 3.8) is 0 Å². The lowest BCUT2D eigenvalue weighted by Gasteiger charge is -2.19. The van der Waals surface area contributed by atoms with Gasteiger partial charge in [0, 0.05) is 12.6 Å². The summed E-state index contributed by atoms with van der Waals surface area (Å²) in [6.45, 7) is 16.7. The number of carbonyl (C=O) groups excluding carboxylic acids is 2. The smallest absolute Gasteiger partial charge is 0.308 e. The molecule has 0 aliphatic heterocycles. The number of hydrogen-bond acceptors (Lipinski definition) is 14. The molecule has 1 amide bonds. The fourth-order valence-corrected chi connectivity index (χ4v) is 3.69. The first-order chi connectivity index (χ1) is 24.3. The maximum atomic E-state index is 11.6. The van der Waals surface area contributed by atoms with E-state index in [4.69, 9.17) is 56.8 Å². The van der Waals surface area contributed by atoms with E-state index >= 15 is 0 Å². The molecular formula is C35H61NO14. The number of ether oxygens (including phenoxy) is 12. The van der Waals surface area contributed by atoms with Gasteiger partial charge in [-0.25, -0.2) is 0 Å². The number of hydrogen-bond donors (Lipinski definition) is 1. The van der Waals surface area contributed by atoms with Crippen LogP contribution in [-0.4, -0.2) is 156 Å². The molecule has 0 fully saturated rings. The van der Waals surface area contributed by atoms with Crippen LogP contribution in [0.25, 0.3) is 0 Å². The maximum Gasteiger partial charge on any atom is 0.308 e. The molecule has 290 valence electrons. The van der Waals surface area contributed by atoms with Crippen LogP contribution in [0.1, 0.15) is 34.1 Å². The molecule has 0 aromatic heterocycles. The van der Waals surface area contributed by atoms with Gasteiger partial charge in [0.1, 0.15) is 18.0 Å². The van der Waals surface area contributed by atoms with E-state index in [9.17, 15) is 9.59 Å². The van der Waals surface area contributed by atoms with Gasteiger partial charge in [0.2, 0.25) is 5.91 Å². The monoisotopic (exact) mass is 719 g/mol. The molecule has 1 aromatic rings. The standard InChI is InChI=1S/C35H61NO14/c1-31(37)36-32-5-7-33(8-6-32)49-30-29-48-28-27-47-26-25-46-24-23-45-22-21-44-20-19-43-18-17-42-16-15-41-14-13-40-12-11-39-10-9-34(38)50-35(2,3)4/h5-8H,9-30H2,1-4H3,(H,36,37). The Kier molecular flexibility index (Phi) is 29.6. The number of esters is 1. The Hall–Kier alpha value is -2.44. The Labute approximate surface area is 297 Å². The van der Waals surface area contributed by atoms with Crippen molar-refractivity contribution in [1.82, 2.24) is 0 Å². The predicted molar refractivity (Wildman–Crippen MR) is 185 cm³/mol. The van der Waals surface area contributed by atoms with Crippen LogP contribution in [0.15, 0.2) is 24.3 Å². The average molecular weight is 720 g/mol. The van der Waals surface area contributed by atoms with Crippen molar-refractivity contribution in [2.45, 2.75) is 39.7 Å². The molecule has 0 aliphatic carbocycles. The fourth-order valence-electron chi connectivity index (χ4n) is 3.69. The Morgan fingerprint density at radius 2 is 0.780 bits per heavy atom. The minimum Gasteiger partial charge on any atom is -0.491 e. The number of nitrogens with one attached hydrogen (secondary N) is 1. The maximum absolute atomic E-state index is 11.6. The van der Waals surface area contributed by atoms with Crippen LogP contribution in [0.4, 0.5) is 5.69 Å². The van der Waals surface area contributed by atoms with Crippen molar-refractivity contribution in [2.75, 3.05) is 144 Å². The van der Waals surface area contributed by atoms with E-state index in [0.717, 1.165) is 5.69 Å². The molecule has 1 N–H and O–H groups in total. The third-order valence-corrected chi connectivity index (χ3v) is 5.89. The Morgan fingerprint density at radius 1 is 0.480 bits per heavy atom. The topological polar surface area (TPSA) is 157 Å². The van der Waals surface area contributed by atoms with E-state index in [1.165, 1.54) is 6.92 Å². The highest BCUT2D eigenvalue weighted by Gasteiger charge is 2.15. The molecule has 0 saturated carbocycles. The lowest BCUT2D eigenvalue weighted by Crippen LogP contribution is -2.24. The molecule has 15 heteroatoms. The molecule has 0 saturated heterocycles. The Morgan fingerprint density at radius 3 is 1.08 bits per heavy atom. The second kappa shape index (κ2) is 32.5. The normalized spacial score (nSPS) is 11.5. The second-order valence-corrected chi connectivity index (χ2v) is 11.5. The van der Waals surface area contributed by atoms with Crippen LogP contribution in [-0.2, 0) is 61.7 Å². The fraction of sp³-hybridized carbons (Fsp3) is 0.771. The molecule has 0 heterocycles. The zero-order valence-electron chi connectivity index (χ0n) is 30.6. The molecule has 0 spiro atoms. The van der Waals surface area contributed by atoms with Gasteiger partial charge in [0.25, 0.3) is 0 Å². The highest BCUT2D eigenvalue weighted by atomic mass is 16.6. The summed E-state index contributed by atoms with van der Waals surface area (Å²) in [5, 5.41) is 2.71. The molecule has 0 unspecified atom stereocenters. The van der Waals surface area contributed by atoms with E-state index in [1.54, 1.807) is 24.3 Å². The van der Waals surface area contributed by atoms with Crippen molar-refractivity contribution < 1.29 is 66.4 Å². The molecule has 0 radical (unpaired) electrons. The summed E-state index contributed by atoms with van der Waals surface area (Å²) in [6, 6.07) is 7.16. The van der Waals surface area contributed by atoms with Crippen molar-refractivity contribution >= 4 is 17.6 Å². The van der Waals surface area contributed by atoms with Gasteiger partial charge in [-0.2, -0.15) is 0 Å². The Balaban J connectivity index is 1.67. The molecule has 15 nitrogen and oxygen atoms in total. The zero-order valence-corrected chi connectivity index (χ0v) is 30.6. The zero-order chi connectivity index (χ0) is 36.4. The first-order valence-corrected chi connectivity index (χ1v) is 17.3. The molecule has 50 heavy (non-hydrogen) atoms. The highest BCUT2D eigenvalue weighted by molar-refractivity contribution is 5.88. The van der Waals surface area contributed by atoms with Crippen LogP contribution >= 0.6 is 0 Å². The van der Waals surface area contributed by atoms with Gasteiger partial charge in [-0.05, 0) is 45.0 Å². The first kappa shape index (κ1) is 45.6. The Bertz CT molecular complexity index is 929. The van der Waals surface area contributed by atoms with Crippen LogP contribution in [0.2, 0.25) is 0 Å². The third-order valence-electron chi connectivity index (χ3n) is 5.89. The van der Waals surface area contributed by atoms with Crippen molar-refractivity contribution in [2.24, 2.45) is 0 Å². The van der Waals surface area contributed by atoms with Crippen molar-refractivity contribution in [3.05, 3.63) is 24.3 Å². The van der Waals surface area contributed by atoms with E-state index in [0.29, 0.717) is 144 Å². The van der Waals surface area contributed by atoms with E-state index in [-0.39, 0.29) is 18.3 Å². The summed E-state index contributed by atoms with van der Waals surface area (Å²) < 4.78 is 65.4. The van der Waals surface area contributed by atoms with Gasteiger partial charge < -0.3 is 62.2 Å². The van der Waals surface area contributed by atoms with E-state index in [2.05, 4.69) is 5.32 Å². The van der Waals surface area contributed by atoms with E-state index in [1.807, 2.05) is 20.8 Å². The number of amides is 1. The molecule has 0 atom stereocenters. The SMILES string of the molecule is CC(=O)Nc1ccc(OCCOCCOCCOCCOCCOCCOCCOCCOCCOCCOCCC(=O)OC(C)(C)C)cc1. The summed E-state index contributed by atoms with van der Waals surface area (Å²) in [5.41, 5.74) is 0.251. The second-order valence-electron chi connectivity index (χ2n) is 11.5. The van der Waals surface area contributed by atoms with Gasteiger partial charge in [-0.1, -0.05) is 0 Å². The largest absolute Gasteiger partial charge is 0.491 e. The van der Waals surface area contributed by atoms with Gasteiger partial charge >= 0.3 is 5.97 Å². The summed E-state index contributed by atoms with van der Waals surface area (Å²) in [5.74, 6) is 0.334. The highest BCUT2D eigenvalue weighted by Crippen LogP contribution is 2.15. The molecule has 0 aliphatic rings. The number of carbonyl (C=O) groups is 2. The number of benzene rings is 1. The van der Waals surface area contributed by atoms with Crippen LogP contribution in [0, 0.1) is 0 Å². The van der Waals surface area contributed by atoms with Crippen molar-refractivity contribution in [3.8, 4) is 5.75 Å². The van der Waals surface area contributed by atoms with Gasteiger partial charge in [0.05, 0.1) is 139 Å². The van der Waals surface area contributed by atoms with Crippen LogP contribution in [0.3, 0.4) is 0 Å². The summed E-state index contributed by atoms with van der Waals surface area (Å²) in [6.07, 6.45) is 0.228. The van der Waals surface area contributed by atoms with E-state index < -0.39 is 5.60 Å². The summed E-state index contributed by atoms with van der Waals surface area (Å²) >= 11 is 0. The molecule has 0 bridgehead atoms. The van der Waals surface area contributed by atoms with Crippen LogP contribution < -0.4 is 10.1 Å². The molecule has 1 rings (SSSR count). The quantitative estimate of drug-likeness (QED) is 0.0807. The first-order valence-electron chi connectivity index (χ1n) is 17.3. The number of anilines is 1. The minimum atomic E-state index is -0.477. The van der Waals surface area contributed by atoms with Crippen LogP contribution in [0.5, 0.6) is 5.75 Å². The predicted octanol–water partition coefficient (Wildman–Crippen LogP) is 2.92. The summed E-state index contributed by atoms with van der Waals surface area (Å²) in [7, 11) is 0. The molecule has 1 aromatic carbocycles. The lowest BCUT2D eigenvalue weighted by molar-refractivity contribution is -0.156.